The molecule has 0 radical (unpaired) electrons. The van der Waals surface area contributed by atoms with Crippen molar-refractivity contribution >= 4 is 28.5 Å². The van der Waals surface area contributed by atoms with E-state index < -0.39 is 6.10 Å². The first-order valence-corrected chi connectivity index (χ1v) is 10.1. The molecule has 2 heterocycles. The summed E-state index contributed by atoms with van der Waals surface area (Å²) >= 11 is 1.62. The molecule has 4 rings (SSSR count). The van der Waals surface area contributed by atoms with Crippen LogP contribution >= 0.6 is 11.8 Å². The molecule has 2 aromatic carbocycles. The summed E-state index contributed by atoms with van der Waals surface area (Å²) in [6, 6.07) is 15.5. The number of rotatable bonds is 3. The van der Waals surface area contributed by atoms with Crippen LogP contribution in [-0.4, -0.2) is 40.5 Å². The van der Waals surface area contributed by atoms with Gasteiger partial charge in [-0.2, -0.15) is 0 Å². The number of amidine groups is 1. The smallest absolute Gasteiger partial charge is 0.273 e. The van der Waals surface area contributed by atoms with E-state index in [2.05, 4.69) is 6.92 Å². The minimum absolute atomic E-state index is 0.0900. The molecule has 0 saturated carbocycles. The summed E-state index contributed by atoms with van der Waals surface area (Å²) in [4.78, 5) is 19.8. The second kappa shape index (κ2) is 7.64. The Morgan fingerprint density at radius 2 is 2.04 bits per heavy atom. The Bertz CT molecular complexity index is 883. The Balaban J connectivity index is 1.60. The van der Waals surface area contributed by atoms with Crippen LogP contribution in [0, 0.1) is 6.92 Å². The average molecular weight is 382 g/mol. The highest BCUT2D eigenvalue weighted by Gasteiger charge is 2.40. The Kier molecular flexibility index (Phi) is 5.07. The predicted octanol–water partition coefficient (Wildman–Crippen LogP) is 4.18. The standard InChI is InChI=1S/C21H22N2O3S/c1-3-16-13-27-21(22-15-8-6-7-14(2)11-15)23(16)20(24)19-12-25-17-9-4-5-10-18(17)26-19/h4-11,16,19H,3,12-13H2,1-2H3/t16-,19+/m1/s1. The van der Waals surface area contributed by atoms with E-state index in [1.54, 1.807) is 16.7 Å². The molecule has 2 aliphatic heterocycles. The third-order valence-electron chi connectivity index (χ3n) is 4.70. The summed E-state index contributed by atoms with van der Waals surface area (Å²) < 4.78 is 11.7. The minimum atomic E-state index is -0.657. The quantitative estimate of drug-likeness (QED) is 0.799. The van der Waals surface area contributed by atoms with Gasteiger partial charge in [0.2, 0.25) is 6.10 Å². The fraction of sp³-hybridized carbons (Fsp3) is 0.333. The van der Waals surface area contributed by atoms with Crippen molar-refractivity contribution in [3.8, 4) is 11.5 Å². The lowest BCUT2D eigenvalue weighted by Gasteiger charge is -2.31. The number of thioether (sulfide) groups is 1. The highest BCUT2D eigenvalue weighted by atomic mass is 32.2. The van der Waals surface area contributed by atoms with Gasteiger partial charge in [0.25, 0.3) is 5.91 Å². The maximum absolute atomic E-state index is 13.3. The number of carbonyl (C=O) groups is 1. The van der Waals surface area contributed by atoms with E-state index in [1.165, 1.54) is 0 Å². The number of nitrogens with zero attached hydrogens (tertiary/aromatic N) is 2. The first-order chi connectivity index (χ1) is 13.2. The number of aliphatic imine (C=N–C) groups is 1. The zero-order valence-electron chi connectivity index (χ0n) is 15.4. The number of ether oxygens (including phenoxy) is 2. The minimum Gasteiger partial charge on any atom is -0.485 e. The number of aryl methyl sites for hydroxylation is 1. The molecule has 27 heavy (non-hydrogen) atoms. The molecular formula is C21H22N2O3S. The lowest BCUT2D eigenvalue weighted by molar-refractivity contribution is -0.138. The Morgan fingerprint density at radius 3 is 2.81 bits per heavy atom. The molecule has 0 bridgehead atoms. The lowest BCUT2D eigenvalue weighted by atomic mass is 10.2. The molecule has 6 heteroatoms. The maximum Gasteiger partial charge on any atom is 0.273 e. The van der Waals surface area contributed by atoms with Crippen molar-refractivity contribution in [2.45, 2.75) is 32.4 Å². The van der Waals surface area contributed by atoms with Crippen molar-refractivity contribution in [2.24, 2.45) is 4.99 Å². The van der Waals surface area contributed by atoms with Crippen molar-refractivity contribution < 1.29 is 14.3 Å². The van der Waals surface area contributed by atoms with Crippen LogP contribution in [0.15, 0.2) is 53.5 Å². The predicted molar refractivity (Wildman–Crippen MR) is 108 cm³/mol. The van der Waals surface area contributed by atoms with E-state index >= 15 is 0 Å². The fourth-order valence-corrected chi connectivity index (χ4v) is 4.51. The van der Waals surface area contributed by atoms with Crippen molar-refractivity contribution in [3.63, 3.8) is 0 Å². The molecule has 1 fully saturated rings. The molecule has 0 unspecified atom stereocenters. The molecule has 0 aliphatic carbocycles. The number of para-hydroxylation sites is 2. The van der Waals surface area contributed by atoms with Crippen molar-refractivity contribution in [2.75, 3.05) is 12.4 Å². The third-order valence-corrected chi connectivity index (χ3v) is 5.79. The van der Waals surface area contributed by atoms with Crippen LogP contribution in [0.2, 0.25) is 0 Å². The van der Waals surface area contributed by atoms with Crippen LogP contribution in [0.3, 0.4) is 0 Å². The van der Waals surface area contributed by atoms with Gasteiger partial charge in [-0.15, -0.1) is 0 Å². The zero-order chi connectivity index (χ0) is 18.8. The van der Waals surface area contributed by atoms with Crippen molar-refractivity contribution in [1.29, 1.82) is 0 Å². The fourth-order valence-electron chi connectivity index (χ4n) is 3.24. The molecule has 2 aromatic rings. The molecule has 1 amide bonds. The molecule has 2 atom stereocenters. The molecular weight excluding hydrogens is 360 g/mol. The van der Waals surface area contributed by atoms with Crippen LogP contribution in [0.5, 0.6) is 11.5 Å². The highest BCUT2D eigenvalue weighted by Crippen LogP contribution is 2.34. The van der Waals surface area contributed by atoms with Gasteiger partial charge < -0.3 is 9.47 Å². The second-order valence-electron chi connectivity index (χ2n) is 6.68. The summed E-state index contributed by atoms with van der Waals surface area (Å²) in [7, 11) is 0. The van der Waals surface area contributed by atoms with Gasteiger partial charge in [-0.3, -0.25) is 9.69 Å². The normalized spacial score (nSPS) is 22.9. The molecule has 1 saturated heterocycles. The first-order valence-electron chi connectivity index (χ1n) is 9.15. The number of benzene rings is 2. The van der Waals surface area contributed by atoms with Gasteiger partial charge in [0.05, 0.1) is 5.69 Å². The monoisotopic (exact) mass is 382 g/mol. The summed E-state index contributed by atoms with van der Waals surface area (Å²) in [6.45, 7) is 4.34. The third kappa shape index (κ3) is 3.67. The van der Waals surface area contributed by atoms with Crippen LogP contribution in [0.1, 0.15) is 18.9 Å². The van der Waals surface area contributed by atoms with Crippen molar-refractivity contribution in [1.82, 2.24) is 4.90 Å². The van der Waals surface area contributed by atoms with Crippen LogP contribution in [0.25, 0.3) is 0 Å². The van der Waals surface area contributed by atoms with Gasteiger partial charge in [-0.05, 0) is 43.2 Å². The van der Waals surface area contributed by atoms with Crippen LogP contribution < -0.4 is 9.47 Å². The van der Waals surface area contributed by atoms with Gasteiger partial charge in [0.15, 0.2) is 16.7 Å². The first kappa shape index (κ1) is 17.9. The van der Waals surface area contributed by atoms with E-state index in [4.69, 9.17) is 14.5 Å². The lowest BCUT2D eigenvalue weighted by Crippen LogP contribution is -2.49. The second-order valence-corrected chi connectivity index (χ2v) is 7.67. The van der Waals surface area contributed by atoms with E-state index in [0.29, 0.717) is 11.5 Å². The van der Waals surface area contributed by atoms with E-state index in [1.807, 2.05) is 55.5 Å². The molecule has 0 aromatic heterocycles. The van der Waals surface area contributed by atoms with Crippen LogP contribution in [-0.2, 0) is 4.79 Å². The van der Waals surface area contributed by atoms with Gasteiger partial charge in [-0.25, -0.2) is 4.99 Å². The number of hydrogen-bond acceptors (Lipinski definition) is 5. The SMILES string of the molecule is CC[C@@H]1CSC(=Nc2cccc(C)c2)N1C(=O)[C@@H]1COc2ccccc2O1. The van der Waals surface area contributed by atoms with E-state index in [9.17, 15) is 4.79 Å². The topological polar surface area (TPSA) is 51.1 Å². The highest BCUT2D eigenvalue weighted by molar-refractivity contribution is 8.14. The van der Waals surface area contributed by atoms with E-state index in [0.717, 1.165) is 28.6 Å². The molecule has 5 nitrogen and oxygen atoms in total. The number of hydrogen-bond donors (Lipinski definition) is 0. The molecule has 0 spiro atoms. The van der Waals surface area contributed by atoms with Gasteiger partial charge in [-0.1, -0.05) is 43.0 Å². The molecule has 0 N–H and O–H groups in total. The zero-order valence-corrected chi connectivity index (χ0v) is 16.2. The van der Waals surface area contributed by atoms with Gasteiger partial charge >= 0.3 is 0 Å². The van der Waals surface area contributed by atoms with Crippen molar-refractivity contribution in [3.05, 3.63) is 54.1 Å². The number of carbonyl (C=O) groups excluding carboxylic acids is 1. The molecule has 2 aliphatic rings. The van der Waals surface area contributed by atoms with E-state index in [-0.39, 0.29) is 18.6 Å². The summed E-state index contributed by atoms with van der Waals surface area (Å²) in [5, 5.41) is 0.736. The van der Waals surface area contributed by atoms with Gasteiger partial charge in [0, 0.05) is 11.8 Å². The summed E-state index contributed by atoms with van der Waals surface area (Å²) in [5.41, 5.74) is 2.00. The Hall–Kier alpha value is -2.47. The largest absolute Gasteiger partial charge is 0.485 e. The summed E-state index contributed by atoms with van der Waals surface area (Å²) in [5.74, 6) is 2.04. The van der Waals surface area contributed by atoms with Crippen LogP contribution in [0.4, 0.5) is 5.69 Å². The number of fused-ring (bicyclic) bond motifs is 1. The van der Waals surface area contributed by atoms with Gasteiger partial charge in [0.1, 0.15) is 6.61 Å². The Labute approximate surface area is 163 Å². The molecule has 140 valence electrons. The maximum atomic E-state index is 13.3. The average Bonchev–Trinajstić information content (AvgIpc) is 3.09. The number of amides is 1. The Morgan fingerprint density at radius 1 is 1.22 bits per heavy atom. The summed E-state index contributed by atoms with van der Waals surface area (Å²) in [6.07, 6.45) is 0.214.